The van der Waals surface area contributed by atoms with Crippen LogP contribution in [0.2, 0.25) is 5.02 Å². The third-order valence-electron chi connectivity index (χ3n) is 4.02. The second-order valence-electron chi connectivity index (χ2n) is 6.17. The Bertz CT molecular complexity index is 1020. The first-order valence-electron chi connectivity index (χ1n) is 8.85. The average Bonchev–Trinajstić information content (AvgIpc) is 2.74. The van der Waals surface area contributed by atoms with Gasteiger partial charge in [0.15, 0.2) is 0 Å². The summed E-state index contributed by atoms with van der Waals surface area (Å²) in [4.78, 5) is 24.1. The predicted octanol–water partition coefficient (Wildman–Crippen LogP) is 5.14. The molecule has 0 saturated carbocycles. The fourth-order valence-corrected chi connectivity index (χ4v) is 2.60. The van der Waals surface area contributed by atoms with Gasteiger partial charge in [0.1, 0.15) is 0 Å². The minimum absolute atomic E-state index is 0.276. The van der Waals surface area contributed by atoms with Crippen molar-refractivity contribution in [3.8, 4) is 0 Å². The molecule has 3 aromatic rings. The summed E-state index contributed by atoms with van der Waals surface area (Å²) < 4.78 is 0. The molecule has 0 saturated heterocycles. The third kappa shape index (κ3) is 5.92. The van der Waals surface area contributed by atoms with Crippen molar-refractivity contribution in [3.63, 3.8) is 0 Å². The lowest BCUT2D eigenvalue weighted by atomic mass is 10.1. The Hall–Kier alpha value is -3.64. The molecule has 146 valence electrons. The topological polar surface area (TPSA) is 82.6 Å². The Morgan fingerprint density at radius 1 is 0.759 bits per heavy atom. The number of rotatable bonds is 5. The molecule has 0 aliphatic heterocycles. The van der Waals surface area contributed by atoms with Crippen molar-refractivity contribution in [1.29, 1.82) is 0 Å². The van der Waals surface area contributed by atoms with Crippen LogP contribution in [0.5, 0.6) is 0 Å². The van der Waals surface area contributed by atoms with E-state index < -0.39 is 0 Å². The molecule has 3 rings (SSSR count). The van der Waals surface area contributed by atoms with Gasteiger partial charge in [-0.2, -0.15) is 5.10 Å². The maximum absolute atomic E-state index is 12.1. The van der Waals surface area contributed by atoms with Gasteiger partial charge in [0.2, 0.25) is 0 Å². The Balaban J connectivity index is 1.56. The number of hydrogen-bond donors (Lipinski definition) is 3. The second-order valence-corrected chi connectivity index (χ2v) is 6.60. The molecule has 0 aliphatic carbocycles. The Morgan fingerprint density at radius 3 is 1.90 bits per heavy atom. The highest BCUT2D eigenvalue weighted by atomic mass is 35.5. The lowest BCUT2D eigenvalue weighted by Crippen LogP contribution is -2.20. The lowest BCUT2D eigenvalue weighted by molar-refractivity contribution is 0.0955. The summed E-state index contributed by atoms with van der Waals surface area (Å²) in [6.07, 6.45) is 0. The number of urea groups is 1. The fourth-order valence-electron chi connectivity index (χ4n) is 2.47. The van der Waals surface area contributed by atoms with E-state index in [0.29, 0.717) is 27.7 Å². The average molecular weight is 407 g/mol. The van der Waals surface area contributed by atoms with E-state index in [1.54, 1.807) is 67.6 Å². The standard InChI is InChI=1S/C22H19ClN4O2/c1-15(26-27-21(28)17-5-3-2-4-6-17)16-7-11-19(12-8-16)24-22(29)25-20-13-9-18(23)10-14-20/h2-14H,1H3,(H,27,28)(H2,24,25,29). The van der Waals surface area contributed by atoms with Crippen LogP contribution in [0.15, 0.2) is 84.0 Å². The van der Waals surface area contributed by atoms with Gasteiger partial charge < -0.3 is 10.6 Å². The molecule has 0 atom stereocenters. The van der Waals surface area contributed by atoms with Crippen LogP contribution < -0.4 is 16.1 Å². The highest BCUT2D eigenvalue weighted by Crippen LogP contribution is 2.15. The first-order chi connectivity index (χ1) is 14.0. The summed E-state index contributed by atoms with van der Waals surface area (Å²) in [7, 11) is 0. The molecule has 0 heterocycles. The summed E-state index contributed by atoms with van der Waals surface area (Å²) in [6.45, 7) is 1.79. The molecule has 0 bridgehead atoms. The molecule has 0 unspecified atom stereocenters. The van der Waals surface area contributed by atoms with Gasteiger partial charge in [-0.3, -0.25) is 4.79 Å². The molecular formula is C22H19ClN4O2. The molecule has 0 aliphatic rings. The van der Waals surface area contributed by atoms with Crippen LogP contribution in [0, 0.1) is 0 Å². The van der Waals surface area contributed by atoms with Crippen LogP contribution in [0.4, 0.5) is 16.2 Å². The molecule has 29 heavy (non-hydrogen) atoms. The van der Waals surface area contributed by atoms with E-state index in [0.717, 1.165) is 5.56 Å². The molecule has 7 heteroatoms. The number of hydrazone groups is 1. The summed E-state index contributed by atoms with van der Waals surface area (Å²) in [6, 6.07) is 22.5. The number of nitrogens with zero attached hydrogens (tertiary/aromatic N) is 1. The zero-order valence-corrected chi connectivity index (χ0v) is 16.4. The predicted molar refractivity (Wildman–Crippen MR) is 117 cm³/mol. The van der Waals surface area contributed by atoms with Crippen LogP contribution in [-0.2, 0) is 0 Å². The van der Waals surface area contributed by atoms with E-state index in [2.05, 4.69) is 21.2 Å². The number of anilines is 2. The SMILES string of the molecule is CC(=NNC(=O)c1ccccc1)c1ccc(NC(=O)Nc2ccc(Cl)cc2)cc1. The van der Waals surface area contributed by atoms with Gasteiger partial charge in [-0.05, 0) is 61.0 Å². The smallest absolute Gasteiger partial charge is 0.308 e. The number of hydrogen-bond acceptors (Lipinski definition) is 3. The van der Waals surface area contributed by atoms with Crippen LogP contribution in [-0.4, -0.2) is 17.6 Å². The Labute approximate surface area is 173 Å². The van der Waals surface area contributed by atoms with Crippen LogP contribution in [0.1, 0.15) is 22.8 Å². The quantitative estimate of drug-likeness (QED) is 0.405. The molecule has 3 amide bonds. The Morgan fingerprint density at radius 2 is 1.31 bits per heavy atom. The molecule has 0 aromatic heterocycles. The number of carbonyl (C=O) groups excluding carboxylic acids is 2. The zero-order chi connectivity index (χ0) is 20.6. The van der Waals surface area contributed by atoms with Gasteiger partial charge in [-0.15, -0.1) is 0 Å². The van der Waals surface area contributed by atoms with Crippen molar-refractivity contribution in [2.24, 2.45) is 5.10 Å². The van der Waals surface area contributed by atoms with Gasteiger partial charge in [-0.25, -0.2) is 10.2 Å². The molecule has 6 nitrogen and oxygen atoms in total. The van der Waals surface area contributed by atoms with E-state index in [1.807, 2.05) is 18.2 Å². The molecule has 0 fully saturated rings. The van der Waals surface area contributed by atoms with Crippen LogP contribution in [0.3, 0.4) is 0 Å². The summed E-state index contributed by atoms with van der Waals surface area (Å²) in [5, 5.41) is 10.2. The number of amides is 3. The highest BCUT2D eigenvalue weighted by Gasteiger charge is 2.06. The van der Waals surface area contributed by atoms with Gasteiger partial charge >= 0.3 is 6.03 Å². The minimum atomic E-state index is -0.361. The molecule has 3 N–H and O–H groups in total. The summed E-state index contributed by atoms with van der Waals surface area (Å²) >= 11 is 5.83. The first-order valence-corrected chi connectivity index (χ1v) is 9.23. The highest BCUT2D eigenvalue weighted by molar-refractivity contribution is 6.30. The maximum Gasteiger partial charge on any atom is 0.323 e. The Kier molecular flexibility index (Phi) is 6.60. The largest absolute Gasteiger partial charge is 0.323 e. The first kappa shape index (κ1) is 20.1. The van der Waals surface area contributed by atoms with Gasteiger partial charge in [0, 0.05) is 22.0 Å². The van der Waals surface area contributed by atoms with Crippen molar-refractivity contribution in [2.75, 3.05) is 10.6 Å². The van der Waals surface area contributed by atoms with Gasteiger partial charge in [-0.1, -0.05) is 41.9 Å². The summed E-state index contributed by atoms with van der Waals surface area (Å²) in [5.74, 6) is -0.276. The lowest BCUT2D eigenvalue weighted by Gasteiger charge is -2.09. The molecule has 0 spiro atoms. The zero-order valence-electron chi connectivity index (χ0n) is 15.6. The fraction of sp³-hybridized carbons (Fsp3) is 0.0455. The number of carbonyl (C=O) groups is 2. The van der Waals surface area contributed by atoms with E-state index in [9.17, 15) is 9.59 Å². The number of benzene rings is 3. The van der Waals surface area contributed by atoms with Crippen molar-refractivity contribution in [1.82, 2.24) is 5.43 Å². The monoisotopic (exact) mass is 406 g/mol. The minimum Gasteiger partial charge on any atom is -0.308 e. The van der Waals surface area contributed by atoms with Crippen LogP contribution >= 0.6 is 11.6 Å². The number of halogens is 1. The van der Waals surface area contributed by atoms with Crippen LogP contribution in [0.25, 0.3) is 0 Å². The van der Waals surface area contributed by atoms with E-state index in [-0.39, 0.29) is 11.9 Å². The third-order valence-corrected chi connectivity index (χ3v) is 4.28. The summed E-state index contributed by atoms with van der Waals surface area (Å²) in [5.41, 5.74) is 5.80. The van der Waals surface area contributed by atoms with Crippen molar-refractivity contribution in [3.05, 3.63) is 95.0 Å². The normalized spacial score (nSPS) is 10.9. The van der Waals surface area contributed by atoms with Crippen molar-refractivity contribution < 1.29 is 9.59 Å². The van der Waals surface area contributed by atoms with Gasteiger partial charge in [0.05, 0.1) is 5.71 Å². The molecule has 3 aromatic carbocycles. The molecular weight excluding hydrogens is 388 g/mol. The number of nitrogens with one attached hydrogen (secondary N) is 3. The maximum atomic E-state index is 12.1. The van der Waals surface area contributed by atoms with Crippen molar-refractivity contribution in [2.45, 2.75) is 6.92 Å². The van der Waals surface area contributed by atoms with Gasteiger partial charge in [0.25, 0.3) is 5.91 Å². The van der Waals surface area contributed by atoms with E-state index >= 15 is 0 Å². The van der Waals surface area contributed by atoms with E-state index in [1.165, 1.54) is 0 Å². The van der Waals surface area contributed by atoms with E-state index in [4.69, 9.17) is 11.6 Å². The second kappa shape index (κ2) is 9.52. The molecule has 0 radical (unpaired) electrons. The van der Waals surface area contributed by atoms with Crippen molar-refractivity contribution >= 4 is 40.6 Å².